The van der Waals surface area contributed by atoms with Gasteiger partial charge in [0.05, 0.1) is 11.6 Å². The SMILES string of the molecule is O=C1CCc2c(Oc3ccc4c(c3)[C@H]3C(NC(=O)Nc5c(F)cc(F)cc5F)=C3O4)ccnc2N1. The van der Waals surface area contributed by atoms with Gasteiger partial charge in [-0.05, 0) is 30.7 Å². The minimum atomic E-state index is -1.23. The van der Waals surface area contributed by atoms with Crippen LogP contribution in [0.3, 0.4) is 0 Å². The van der Waals surface area contributed by atoms with Gasteiger partial charge >= 0.3 is 6.03 Å². The number of carbonyl (C=O) groups excluding carboxylic acids is 2. The standard InChI is InChI=1S/C24H15F3N4O4/c25-10-7-14(26)20(15(27)8-10)30-24(33)31-21-19-13-9-11(1-3-16(13)35-22(19)21)34-17-5-6-28-23-12(17)2-4-18(32)29-23/h1,3,5-9,19H,2,4H2,(H,28,29,32)(H2,30,31,33)/t19-/m0/s1. The predicted octanol–water partition coefficient (Wildman–Crippen LogP) is 4.70. The molecule has 2 aliphatic heterocycles. The number of allylic oxidation sites excluding steroid dienone is 2. The van der Waals surface area contributed by atoms with Crippen molar-refractivity contribution in [2.24, 2.45) is 0 Å². The Morgan fingerprint density at radius 2 is 1.89 bits per heavy atom. The maximum absolute atomic E-state index is 13.8. The highest BCUT2D eigenvalue weighted by atomic mass is 19.1. The smallest absolute Gasteiger partial charge is 0.323 e. The Morgan fingerprint density at radius 3 is 2.69 bits per heavy atom. The molecule has 1 aliphatic carbocycles. The normalized spacial score (nSPS) is 17.0. The molecular formula is C24H15F3N4O4. The van der Waals surface area contributed by atoms with Crippen LogP contribution in [0.25, 0.3) is 0 Å². The molecule has 0 bridgehead atoms. The summed E-state index contributed by atoms with van der Waals surface area (Å²) in [6.45, 7) is 0. The first-order valence-corrected chi connectivity index (χ1v) is 10.6. The molecule has 0 saturated carbocycles. The Kier molecular flexibility index (Phi) is 4.66. The van der Waals surface area contributed by atoms with Crippen LogP contribution in [0.15, 0.2) is 54.1 Å². The quantitative estimate of drug-likeness (QED) is 0.503. The van der Waals surface area contributed by atoms with Gasteiger partial charge in [0.15, 0.2) is 11.6 Å². The largest absolute Gasteiger partial charge is 0.458 e. The first-order valence-electron chi connectivity index (χ1n) is 10.6. The molecule has 11 heteroatoms. The molecule has 0 saturated heterocycles. The lowest BCUT2D eigenvalue weighted by atomic mass is 10.1. The van der Waals surface area contributed by atoms with Crippen LogP contribution >= 0.6 is 0 Å². The number of halogens is 3. The molecule has 0 fully saturated rings. The summed E-state index contributed by atoms with van der Waals surface area (Å²) in [4.78, 5) is 28.1. The molecule has 6 rings (SSSR count). The third-order valence-electron chi connectivity index (χ3n) is 5.84. The van der Waals surface area contributed by atoms with E-state index < -0.39 is 29.2 Å². The molecule has 0 radical (unpaired) electrons. The van der Waals surface area contributed by atoms with Crippen molar-refractivity contribution < 1.29 is 32.2 Å². The van der Waals surface area contributed by atoms with Crippen molar-refractivity contribution in [3.63, 3.8) is 0 Å². The number of nitrogens with zero attached hydrogens (tertiary/aromatic N) is 1. The molecule has 176 valence electrons. The van der Waals surface area contributed by atoms with Crippen LogP contribution in [-0.2, 0) is 11.2 Å². The van der Waals surface area contributed by atoms with Crippen LogP contribution in [0.2, 0.25) is 0 Å². The summed E-state index contributed by atoms with van der Waals surface area (Å²) in [7, 11) is 0. The number of hydrogen-bond donors (Lipinski definition) is 3. The fraction of sp³-hybridized carbons (Fsp3) is 0.125. The van der Waals surface area contributed by atoms with Gasteiger partial charge in [0.2, 0.25) is 5.91 Å². The lowest BCUT2D eigenvalue weighted by molar-refractivity contribution is -0.116. The summed E-state index contributed by atoms with van der Waals surface area (Å²) >= 11 is 0. The van der Waals surface area contributed by atoms with Crippen molar-refractivity contribution in [2.75, 3.05) is 10.6 Å². The molecule has 3 heterocycles. The topological polar surface area (TPSA) is 102 Å². The predicted molar refractivity (Wildman–Crippen MR) is 117 cm³/mol. The molecule has 1 atom stereocenters. The monoisotopic (exact) mass is 480 g/mol. The lowest BCUT2D eigenvalue weighted by Gasteiger charge is -2.19. The van der Waals surface area contributed by atoms with Crippen LogP contribution in [0.1, 0.15) is 23.5 Å². The van der Waals surface area contributed by atoms with Crippen molar-refractivity contribution in [2.45, 2.75) is 18.8 Å². The van der Waals surface area contributed by atoms with E-state index in [1.54, 1.807) is 30.5 Å². The van der Waals surface area contributed by atoms with Gasteiger partial charge in [0, 0.05) is 35.9 Å². The van der Waals surface area contributed by atoms with Crippen LogP contribution in [0, 0.1) is 17.5 Å². The van der Waals surface area contributed by atoms with Gasteiger partial charge < -0.3 is 25.4 Å². The van der Waals surface area contributed by atoms with E-state index in [0.29, 0.717) is 59.5 Å². The number of rotatable bonds is 4. The number of ether oxygens (including phenoxy) is 2. The van der Waals surface area contributed by atoms with Crippen molar-refractivity contribution in [1.29, 1.82) is 0 Å². The van der Waals surface area contributed by atoms with Crippen LogP contribution in [-0.4, -0.2) is 16.9 Å². The molecule has 3 N–H and O–H groups in total. The maximum Gasteiger partial charge on any atom is 0.323 e. The van der Waals surface area contributed by atoms with Gasteiger partial charge in [-0.1, -0.05) is 0 Å². The third-order valence-corrected chi connectivity index (χ3v) is 5.84. The Balaban J connectivity index is 1.16. The highest BCUT2D eigenvalue weighted by Gasteiger charge is 2.49. The zero-order valence-electron chi connectivity index (χ0n) is 17.7. The maximum atomic E-state index is 13.8. The van der Waals surface area contributed by atoms with Gasteiger partial charge in [-0.2, -0.15) is 0 Å². The number of amides is 3. The number of benzene rings is 2. The summed E-state index contributed by atoms with van der Waals surface area (Å²) in [5.41, 5.74) is 1.24. The third kappa shape index (κ3) is 3.70. The van der Waals surface area contributed by atoms with Crippen molar-refractivity contribution >= 4 is 23.4 Å². The molecule has 2 aromatic carbocycles. The average Bonchev–Trinajstić information content (AvgIpc) is 3.32. The van der Waals surface area contributed by atoms with Crippen LogP contribution < -0.4 is 25.4 Å². The van der Waals surface area contributed by atoms with Crippen LogP contribution in [0.4, 0.5) is 29.5 Å². The van der Waals surface area contributed by atoms with E-state index in [1.807, 2.05) is 5.32 Å². The van der Waals surface area contributed by atoms with E-state index >= 15 is 0 Å². The number of anilines is 2. The van der Waals surface area contributed by atoms with Crippen molar-refractivity contribution in [1.82, 2.24) is 10.3 Å². The van der Waals surface area contributed by atoms with Crippen LogP contribution in [0.5, 0.6) is 17.2 Å². The molecule has 0 spiro atoms. The number of aromatic nitrogens is 1. The molecule has 35 heavy (non-hydrogen) atoms. The van der Waals surface area contributed by atoms with Gasteiger partial charge in [0.25, 0.3) is 0 Å². The van der Waals surface area contributed by atoms with Gasteiger partial charge in [-0.3, -0.25) is 4.79 Å². The van der Waals surface area contributed by atoms with E-state index in [4.69, 9.17) is 9.47 Å². The minimum Gasteiger partial charge on any atom is -0.458 e. The lowest BCUT2D eigenvalue weighted by Crippen LogP contribution is -2.27. The summed E-state index contributed by atoms with van der Waals surface area (Å²) in [6.07, 6.45) is 2.39. The second kappa shape index (κ2) is 7.76. The summed E-state index contributed by atoms with van der Waals surface area (Å²) in [5.74, 6) is -1.30. The average molecular weight is 480 g/mol. The molecular weight excluding hydrogens is 465 g/mol. The van der Waals surface area contributed by atoms with E-state index in [-0.39, 0.29) is 11.8 Å². The molecule has 1 aromatic heterocycles. The Labute approximate surface area is 195 Å². The Hall–Kier alpha value is -4.54. The highest BCUT2D eigenvalue weighted by Crippen LogP contribution is 2.56. The van der Waals surface area contributed by atoms with E-state index in [2.05, 4.69) is 15.6 Å². The molecule has 8 nitrogen and oxygen atoms in total. The fourth-order valence-electron chi connectivity index (χ4n) is 4.18. The first kappa shape index (κ1) is 21.0. The van der Waals surface area contributed by atoms with Gasteiger partial charge in [-0.15, -0.1) is 0 Å². The summed E-state index contributed by atoms with van der Waals surface area (Å²) < 4.78 is 52.5. The molecule has 0 unspecified atom stereocenters. The van der Waals surface area contributed by atoms with Crippen molar-refractivity contribution in [3.05, 3.63) is 82.6 Å². The van der Waals surface area contributed by atoms with Crippen molar-refractivity contribution in [3.8, 4) is 17.2 Å². The fourth-order valence-corrected chi connectivity index (χ4v) is 4.18. The number of fused-ring (bicyclic) bond motifs is 4. The molecule has 3 aromatic rings. The van der Waals surface area contributed by atoms with E-state index in [9.17, 15) is 22.8 Å². The number of carbonyl (C=O) groups is 2. The number of nitrogens with one attached hydrogen (secondary N) is 3. The second-order valence-electron chi connectivity index (χ2n) is 8.12. The van der Waals surface area contributed by atoms with E-state index in [0.717, 1.165) is 11.1 Å². The van der Waals surface area contributed by atoms with E-state index in [1.165, 1.54) is 0 Å². The zero-order chi connectivity index (χ0) is 24.3. The second-order valence-corrected chi connectivity index (χ2v) is 8.12. The number of urea groups is 1. The minimum absolute atomic E-state index is 0.0989. The molecule has 3 aliphatic rings. The van der Waals surface area contributed by atoms with Gasteiger partial charge in [0.1, 0.15) is 40.3 Å². The highest BCUT2D eigenvalue weighted by molar-refractivity contribution is 5.93. The summed E-state index contributed by atoms with van der Waals surface area (Å²) in [6, 6.07) is 7.01. The summed E-state index contributed by atoms with van der Waals surface area (Å²) in [5, 5.41) is 7.29. The zero-order valence-corrected chi connectivity index (χ0v) is 17.7. The first-order chi connectivity index (χ1) is 16.9. The van der Waals surface area contributed by atoms with Gasteiger partial charge in [-0.25, -0.2) is 22.9 Å². The Morgan fingerprint density at radius 1 is 1.09 bits per heavy atom. The number of pyridine rings is 1. The molecule has 3 amide bonds. The number of hydrogen-bond acceptors (Lipinski definition) is 5. The Bertz CT molecular complexity index is 1450.